The average molecular weight is 367 g/mol. The smallest absolute Gasteiger partial charge is 0.282 e. The van der Waals surface area contributed by atoms with Gasteiger partial charge in [-0.25, -0.2) is 0 Å². The van der Waals surface area contributed by atoms with E-state index < -0.39 is 0 Å². The van der Waals surface area contributed by atoms with Gasteiger partial charge in [-0.1, -0.05) is 12.1 Å². The van der Waals surface area contributed by atoms with Crippen molar-refractivity contribution in [2.24, 2.45) is 0 Å². The normalized spacial score (nSPS) is 15.7. The summed E-state index contributed by atoms with van der Waals surface area (Å²) in [5, 5.41) is 2.97. The van der Waals surface area contributed by atoms with Gasteiger partial charge in [-0.3, -0.25) is 9.59 Å². The third-order valence-electron chi connectivity index (χ3n) is 5.16. The van der Waals surface area contributed by atoms with E-state index in [1.165, 1.54) is 17.4 Å². The molecule has 2 atom stereocenters. The highest BCUT2D eigenvalue weighted by Crippen LogP contribution is 2.18. The fourth-order valence-corrected chi connectivity index (χ4v) is 3.32. The monoisotopic (exact) mass is 367 g/mol. The molecule has 0 spiro atoms. The number of Topliss-reactive ketones (excluding diaryl/α,β-unsaturated/α-hetero) is 1. The van der Waals surface area contributed by atoms with E-state index in [4.69, 9.17) is 4.74 Å². The van der Waals surface area contributed by atoms with E-state index >= 15 is 0 Å². The van der Waals surface area contributed by atoms with Gasteiger partial charge in [0.1, 0.15) is 12.3 Å². The Hall–Kier alpha value is -2.66. The van der Waals surface area contributed by atoms with Crippen LogP contribution in [0.5, 0.6) is 5.75 Å². The molecule has 1 aliphatic rings. The second-order valence-corrected chi connectivity index (χ2v) is 7.22. The summed E-state index contributed by atoms with van der Waals surface area (Å²) in [7, 11) is 1.66. The Bertz CT molecular complexity index is 813. The summed E-state index contributed by atoms with van der Waals surface area (Å²) < 4.78 is 5.22. The fourth-order valence-electron chi connectivity index (χ4n) is 3.32. The molecule has 1 aliphatic carbocycles. The van der Waals surface area contributed by atoms with Crippen molar-refractivity contribution in [1.29, 1.82) is 0 Å². The highest BCUT2D eigenvalue weighted by atomic mass is 16.5. The van der Waals surface area contributed by atoms with Crippen molar-refractivity contribution in [1.82, 2.24) is 0 Å². The molecule has 0 heterocycles. The Kier molecular flexibility index (Phi) is 5.91. The van der Waals surface area contributed by atoms with Gasteiger partial charge in [0.15, 0.2) is 11.8 Å². The molecular weight excluding hydrogens is 340 g/mol. The lowest BCUT2D eigenvalue weighted by Gasteiger charge is -2.25. The molecule has 1 fully saturated rings. The predicted molar refractivity (Wildman–Crippen MR) is 105 cm³/mol. The molecule has 5 nitrogen and oxygen atoms in total. The number of quaternary nitrogens is 1. The summed E-state index contributed by atoms with van der Waals surface area (Å²) in [6, 6.07) is 15.5. The van der Waals surface area contributed by atoms with Crippen molar-refractivity contribution in [3.63, 3.8) is 0 Å². The van der Waals surface area contributed by atoms with Crippen LogP contribution in [0, 0.1) is 0 Å². The molecule has 5 heteroatoms. The highest BCUT2D eigenvalue weighted by Gasteiger charge is 2.39. The molecule has 0 bridgehead atoms. The maximum Gasteiger partial charge on any atom is 0.282 e. The fraction of sp³-hybridized carbons (Fsp3) is 0.364. The lowest BCUT2D eigenvalue weighted by Crippen LogP contribution is -3.16. The maximum absolute atomic E-state index is 12.8. The topological polar surface area (TPSA) is 59.8 Å². The SMILES string of the molecule is COc1ccc(C[NH+](C2CC2)[C@@H](C)C(=O)Nc2cccc(C(C)=O)c2)cc1. The van der Waals surface area contributed by atoms with Gasteiger partial charge in [0.2, 0.25) is 0 Å². The van der Waals surface area contributed by atoms with Crippen LogP contribution in [-0.2, 0) is 11.3 Å². The Morgan fingerprint density at radius 3 is 2.48 bits per heavy atom. The lowest BCUT2D eigenvalue weighted by molar-refractivity contribution is -0.938. The molecule has 142 valence electrons. The van der Waals surface area contributed by atoms with E-state index in [1.807, 2.05) is 25.1 Å². The number of hydrogen-bond acceptors (Lipinski definition) is 3. The lowest BCUT2D eigenvalue weighted by atomic mass is 10.1. The number of amides is 1. The van der Waals surface area contributed by atoms with E-state index in [9.17, 15) is 9.59 Å². The summed E-state index contributed by atoms with van der Waals surface area (Å²) in [6.07, 6.45) is 2.31. The van der Waals surface area contributed by atoms with Crippen LogP contribution in [0.3, 0.4) is 0 Å². The number of methoxy groups -OCH3 is 1. The molecule has 27 heavy (non-hydrogen) atoms. The van der Waals surface area contributed by atoms with Gasteiger partial charge in [-0.15, -0.1) is 0 Å². The number of ketones is 1. The molecule has 3 rings (SSSR count). The van der Waals surface area contributed by atoms with Crippen molar-refractivity contribution in [3.05, 3.63) is 59.7 Å². The van der Waals surface area contributed by atoms with Gasteiger partial charge in [0, 0.05) is 29.7 Å². The van der Waals surface area contributed by atoms with Crippen molar-refractivity contribution in [2.45, 2.75) is 45.3 Å². The molecule has 1 saturated carbocycles. The Balaban J connectivity index is 1.68. The quantitative estimate of drug-likeness (QED) is 0.705. The second-order valence-electron chi connectivity index (χ2n) is 7.22. The minimum atomic E-state index is -0.180. The van der Waals surface area contributed by atoms with E-state index in [0.717, 1.165) is 25.1 Å². The summed E-state index contributed by atoms with van der Waals surface area (Å²) in [4.78, 5) is 25.6. The minimum Gasteiger partial charge on any atom is -0.497 e. The molecule has 2 aromatic carbocycles. The summed E-state index contributed by atoms with van der Waals surface area (Å²) in [5.41, 5.74) is 2.46. The highest BCUT2D eigenvalue weighted by molar-refractivity contribution is 5.97. The average Bonchev–Trinajstić information content (AvgIpc) is 3.51. The molecule has 2 aromatic rings. The number of anilines is 1. The molecule has 2 N–H and O–H groups in total. The number of nitrogens with one attached hydrogen (secondary N) is 2. The zero-order valence-corrected chi connectivity index (χ0v) is 16.1. The van der Waals surface area contributed by atoms with Crippen LogP contribution in [0.4, 0.5) is 5.69 Å². The van der Waals surface area contributed by atoms with Crippen LogP contribution < -0.4 is 15.0 Å². The van der Waals surface area contributed by atoms with Gasteiger partial charge >= 0.3 is 0 Å². The van der Waals surface area contributed by atoms with Gasteiger partial charge in [0.05, 0.1) is 13.2 Å². The van der Waals surface area contributed by atoms with E-state index in [0.29, 0.717) is 17.3 Å². The van der Waals surface area contributed by atoms with E-state index in [-0.39, 0.29) is 17.7 Å². The summed E-state index contributed by atoms with van der Waals surface area (Å²) in [5.74, 6) is 0.804. The first kappa shape index (κ1) is 19.1. The van der Waals surface area contributed by atoms with E-state index in [2.05, 4.69) is 17.4 Å². The second kappa shape index (κ2) is 8.35. The van der Waals surface area contributed by atoms with Crippen LogP contribution in [0.25, 0.3) is 0 Å². The maximum atomic E-state index is 12.8. The summed E-state index contributed by atoms with van der Waals surface area (Å²) in [6.45, 7) is 4.30. The number of carbonyl (C=O) groups is 2. The first-order valence-corrected chi connectivity index (χ1v) is 9.38. The summed E-state index contributed by atoms with van der Waals surface area (Å²) >= 11 is 0. The zero-order chi connectivity index (χ0) is 19.4. The van der Waals surface area contributed by atoms with Gasteiger partial charge in [-0.05, 0) is 50.2 Å². The van der Waals surface area contributed by atoms with Crippen LogP contribution in [0.1, 0.15) is 42.6 Å². The van der Waals surface area contributed by atoms with Crippen LogP contribution in [0.2, 0.25) is 0 Å². The third kappa shape index (κ3) is 4.95. The molecular formula is C22H27N2O3+. The molecule has 1 unspecified atom stereocenters. The predicted octanol–water partition coefficient (Wildman–Crippen LogP) is 2.47. The molecule has 0 saturated heterocycles. The number of ether oxygens (including phenoxy) is 1. The largest absolute Gasteiger partial charge is 0.497 e. The van der Waals surface area contributed by atoms with Crippen LogP contribution in [0.15, 0.2) is 48.5 Å². The van der Waals surface area contributed by atoms with Crippen molar-refractivity contribution in [2.75, 3.05) is 12.4 Å². The number of rotatable bonds is 8. The van der Waals surface area contributed by atoms with Gasteiger partial charge < -0.3 is 15.0 Å². The first-order valence-electron chi connectivity index (χ1n) is 9.38. The van der Waals surface area contributed by atoms with Gasteiger partial charge in [0.25, 0.3) is 5.91 Å². The number of carbonyl (C=O) groups excluding carboxylic acids is 2. The zero-order valence-electron chi connectivity index (χ0n) is 16.1. The van der Waals surface area contributed by atoms with Crippen molar-refractivity contribution >= 4 is 17.4 Å². The molecule has 1 amide bonds. The molecule has 0 aliphatic heterocycles. The number of hydrogen-bond donors (Lipinski definition) is 2. The van der Waals surface area contributed by atoms with Crippen molar-refractivity contribution < 1.29 is 19.2 Å². The third-order valence-corrected chi connectivity index (χ3v) is 5.16. The van der Waals surface area contributed by atoms with Gasteiger partial charge in [-0.2, -0.15) is 0 Å². The van der Waals surface area contributed by atoms with Crippen molar-refractivity contribution in [3.8, 4) is 5.75 Å². The molecule has 0 radical (unpaired) electrons. The Labute approximate surface area is 160 Å². The minimum absolute atomic E-state index is 0.0103. The van der Waals surface area contributed by atoms with Crippen LogP contribution >= 0.6 is 0 Å². The Morgan fingerprint density at radius 2 is 1.89 bits per heavy atom. The van der Waals surface area contributed by atoms with Crippen LogP contribution in [-0.4, -0.2) is 30.9 Å². The van der Waals surface area contributed by atoms with E-state index in [1.54, 1.807) is 25.3 Å². The Morgan fingerprint density at radius 1 is 1.19 bits per heavy atom. The standard InChI is InChI=1S/C22H26N2O3/c1-15(22(26)23-19-6-4-5-18(13-19)16(2)25)24(20-9-10-20)14-17-7-11-21(27-3)12-8-17/h4-8,11-13,15,20H,9-10,14H2,1-3H3,(H,23,26)/p+1/t15-/m0/s1. The first-order chi connectivity index (χ1) is 13.0. The number of benzene rings is 2. The molecule has 0 aromatic heterocycles.